The van der Waals surface area contributed by atoms with E-state index in [2.05, 4.69) is 25.6 Å². The molecule has 2 aromatic carbocycles. The number of halogens is 1. The third-order valence-corrected chi connectivity index (χ3v) is 5.89. The average Bonchev–Trinajstić information content (AvgIpc) is 2.66. The predicted molar refractivity (Wildman–Crippen MR) is 110 cm³/mol. The Morgan fingerprint density at radius 1 is 1.15 bits per heavy atom. The van der Waals surface area contributed by atoms with Crippen LogP contribution in [0.3, 0.4) is 0 Å². The van der Waals surface area contributed by atoms with Crippen molar-refractivity contribution in [3.63, 3.8) is 0 Å². The van der Waals surface area contributed by atoms with Crippen LogP contribution in [0.2, 0.25) is 0 Å². The number of hydrogen-bond acceptors (Lipinski definition) is 5. The molecule has 0 atom stereocenters. The van der Waals surface area contributed by atoms with E-state index in [1.165, 1.54) is 19.2 Å². The number of sulfonamides is 1. The highest BCUT2D eigenvalue weighted by Gasteiger charge is 2.18. The van der Waals surface area contributed by atoms with Crippen molar-refractivity contribution in [1.82, 2.24) is 4.98 Å². The van der Waals surface area contributed by atoms with E-state index in [0.717, 1.165) is 4.47 Å². The number of rotatable bonds is 5. The number of nitrogens with two attached hydrogens (primary N) is 1. The van der Waals surface area contributed by atoms with Gasteiger partial charge in [-0.1, -0.05) is 18.2 Å². The van der Waals surface area contributed by atoms with Crippen molar-refractivity contribution in [3.8, 4) is 16.9 Å². The van der Waals surface area contributed by atoms with Gasteiger partial charge in [-0.3, -0.25) is 4.72 Å². The van der Waals surface area contributed by atoms with Crippen molar-refractivity contribution in [3.05, 3.63) is 64.8 Å². The third kappa shape index (κ3) is 4.06. The summed E-state index contributed by atoms with van der Waals surface area (Å²) < 4.78 is 34.3. The van der Waals surface area contributed by atoms with Gasteiger partial charge in [0.25, 0.3) is 10.0 Å². The van der Waals surface area contributed by atoms with Crippen LogP contribution in [-0.2, 0) is 10.0 Å². The highest BCUT2D eigenvalue weighted by Crippen LogP contribution is 2.36. The van der Waals surface area contributed by atoms with Crippen LogP contribution in [-0.4, -0.2) is 20.5 Å². The molecule has 8 heteroatoms. The number of ether oxygens (including phenoxy) is 1. The average molecular weight is 448 g/mol. The van der Waals surface area contributed by atoms with Crippen LogP contribution in [0, 0.1) is 6.92 Å². The van der Waals surface area contributed by atoms with Gasteiger partial charge in [0.15, 0.2) is 0 Å². The number of nitrogen functional groups attached to an aromatic ring is 1. The zero-order chi connectivity index (χ0) is 19.6. The SMILES string of the molecule is COc1cc(-c2cc(Br)cnc2N)cc(NS(=O)(=O)c2ccccc2)c1C. The van der Waals surface area contributed by atoms with Crippen LogP contribution in [0.5, 0.6) is 5.75 Å². The summed E-state index contributed by atoms with van der Waals surface area (Å²) in [4.78, 5) is 4.31. The molecule has 6 nitrogen and oxygen atoms in total. The lowest BCUT2D eigenvalue weighted by Gasteiger charge is -2.16. The summed E-state index contributed by atoms with van der Waals surface area (Å²) in [5.41, 5.74) is 8.45. The Bertz CT molecular complexity index is 1090. The number of methoxy groups -OCH3 is 1. The van der Waals surface area contributed by atoms with Crippen molar-refractivity contribution in [1.29, 1.82) is 0 Å². The van der Waals surface area contributed by atoms with Crippen LogP contribution in [0.4, 0.5) is 11.5 Å². The maximum Gasteiger partial charge on any atom is 0.261 e. The fraction of sp³-hybridized carbons (Fsp3) is 0.105. The molecular formula is C19H18BrN3O3S. The minimum absolute atomic E-state index is 0.178. The molecule has 0 bridgehead atoms. The summed E-state index contributed by atoms with van der Waals surface area (Å²) in [5, 5.41) is 0. The lowest BCUT2D eigenvalue weighted by atomic mass is 10.0. The van der Waals surface area contributed by atoms with Crippen LogP contribution in [0.1, 0.15) is 5.56 Å². The molecule has 0 unspecified atom stereocenters. The van der Waals surface area contributed by atoms with Crippen molar-refractivity contribution >= 4 is 37.5 Å². The van der Waals surface area contributed by atoms with E-state index in [4.69, 9.17) is 10.5 Å². The van der Waals surface area contributed by atoms with E-state index in [0.29, 0.717) is 33.9 Å². The van der Waals surface area contributed by atoms with E-state index in [1.807, 2.05) is 6.07 Å². The van der Waals surface area contributed by atoms with Gasteiger partial charge in [-0.05, 0) is 58.7 Å². The van der Waals surface area contributed by atoms with Gasteiger partial charge in [0.1, 0.15) is 11.6 Å². The normalized spacial score (nSPS) is 11.2. The Labute approximate surface area is 166 Å². The Morgan fingerprint density at radius 3 is 2.52 bits per heavy atom. The van der Waals surface area contributed by atoms with Gasteiger partial charge in [-0.15, -0.1) is 0 Å². The second kappa shape index (κ2) is 7.58. The molecule has 3 N–H and O–H groups in total. The zero-order valence-corrected chi connectivity index (χ0v) is 17.1. The molecule has 1 aromatic heterocycles. The molecule has 0 aliphatic rings. The Morgan fingerprint density at radius 2 is 1.85 bits per heavy atom. The number of pyridine rings is 1. The first kappa shape index (κ1) is 19.2. The molecule has 1 heterocycles. The van der Waals surface area contributed by atoms with Gasteiger partial charge in [-0.25, -0.2) is 13.4 Å². The minimum Gasteiger partial charge on any atom is -0.496 e. The van der Waals surface area contributed by atoms with Gasteiger partial charge < -0.3 is 10.5 Å². The quantitative estimate of drug-likeness (QED) is 0.610. The first-order valence-corrected chi connectivity index (χ1v) is 10.3. The van der Waals surface area contributed by atoms with Gasteiger partial charge >= 0.3 is 0 Å². The molecule has 140 valence electrons. The monoisotopic (exact) mass is 447 g/mol. The number of hydrogen-bond donors (Lipinski definition) is 2. The summed E-state index contributed by atoms with van der Waals surface area (Å²) in [6, 6.07) is 13.5. The van der Waals surface area contributed by atoms with E-state index < -0.39 is 10.0 Å². The first-order valence-electron chi connectivity index (χ1n) is 7.99. The Balaban J connectivity index is 2.12. The molecule has 3 rings (SSSR count). The summed E-state index contributed by atoms with van der Waals surface area (Å²) in [7, 11) is -2.21. The van der Waals surface area contributed by atoms with E-state index in [-0.39, 0.29) is 4.90 Å². The number of anilines is 2. The van der Waals surface area contributed by atoms with Gasteiger partial charge in [0.05, 0.1) is 17.7 Å². The maximum atomic E-state index is 12.7. The van der Waals surface area contributed by atoms with Crippen molar-refractivity contribution in [2.45, 2.75) is 11.8 Å². The van der Waals surface area contributed by atoms with Crippen molar-refractivity contribution in [2.75, 3.05) is 17.6 Å². The molecule has 27 heavy (non-hydrogen) atoms. The lowest BCUT2D eigenvalue weighted by Crippen LogP contribution is -2.14. The van der Waals surface area contributed by atoms with Gasteiger partial charge in [0.2, 0.25) is 0 Å². The number of nitrogens with one attached hydrogen (secondary N) is 1. The summed E-state index contributed by atoms with van der Waals surface area (Å²) in [5.74, 6) is 0.874. The standard InChI is InChI=1S/C19H18BrN3O3S/c1-12-17(23-27(24,25)15-6-4-3-5-7-15)8-13(9-18(12)26-2)16-10-14(20)11-22-19(16)21/h3-11,23H,1-2H3,(H2,21,22). The van der Waals surface area contributed by atoms with Crippen LogP contribution >= 0.6 is 15.9 Å². The van der Waals surface area contributed by atoms with Crippen molar-refractivity contribution in [2.24, 2.45) is 0 Å². The second-order valence-corrected chi connectivity index (χ2v) is 8.45. The highest BCUT2D eigenvalue weighted by molar-refractivity contribution is 9.10. The number of nitrogens with zero attached hydrogens (tertiary/aromatic N) is 1. The van der Waals surface area contributed by atoms with E-state index in [9.17, 15) is 8.42 Å². The number of aromatic nitrogens is 1. The minimum atomic E-state index is -3.74. The van der Waals surface area contributed by atoms with Gasteiger partial charge in [-0.2, -0.15) is 0 Å². The van der Waals surface area contributed by atoms with Crippen molar-refractivity contribution < 1.29 is 13.2 Å². The molecule has 0 radical (unpaired) electrons. The van der Waals surface area contributed by atoms with Crippen LogP contribution in [0.15, 0.2) is 64.1 Å². The predicted octanol–water partition coefficient (Wildman–Crippen LogP) is 4.21. The largest absolute Gasteiger partial charge is 0.496 e. The van der Waals surface area contributed by atoms with Crippen LogP contribution < -0.4 is 15.2 Å². The molecule has 0 amide bonds. The molecule has 0 fully saturated rings. The molecular weight excluding hydrogens is 430 g/mol. The highest BCUT2D eigenvalue weighted by atomic mass is 79.9. The zero-order valence-electron chi connectivity index (χ0n) is 14.7. The number of benzene rings is 2. The van der Waals surface area contributed by atoms with E-state index in [1.54, 1.807) is 43.5 Å². The van der Waals surface area contributed by atoms with Gasteiger partial charge in [0, 0.05) is 21.8 Å². The molecule has 0 saturated heterocycles. The fourth-order valence-electron chi connectivity index (χ4n) is 2.65. The molecule has 0 aliphatic carbocycles. The molecule has 0 spiro atoms. The second-order valence-electron chi connectivity index (χ2n) is 5.86. The Kier molecular flexibility index (Phi) is 5.38. The molecule has 3 aromatic rings. The summed E-state index contributed by atoms with van der Waals surface area (Å²) in [6.45, 7) is 1.79. The van der Waals surface area contributed by atoms with Crippen LogP contribution in [0.25, 0.3) is 11.1 Å². The van der Waals surface area contributed by atoms with E-state index >= 15 is 0 Å². The summed E-state index contributed by atoms with van der Waals surface area (Å²) >= 11 is 3.38. The molecule has 0 aliphatic heterocycles. The fourth-order valence-corrected chi connectivity index (χ4v) is 4.11. The smallest absolute Gasteiger partial charge is 0.261 e. The third-order valence-electron chi connectivity index (χ3n) is 4.07. The topological polar surface area (TPSA) is 94.3 Å². The Hall–Kier alpha value is -2.58. The molecule has 0 saturated carbocycles. The lowest BCUT2D eigenvalue weighted by molar-refractivity contribution is 0.412. The maximum absolute atomic E-state index is 12.7. The first-order chi connectivity index (χ1) is 12.8. The summed E-state index contributed by atoms with van der Waals surface area (Å²) in [6.07, 6.45) is 1.60.